The second kappa shape index (κ2) is 8.48. The van der Waals surface area contributed by atoms with Crippen molar-refractivity contribution in [3.8, 4) is 11.8 Å². The summed E-state index contributed by atoms with van der Waals surface area (Å²) < 4.78 is 25.1. The number of rotatable bonds is 6. The number of nitriles is 1. The van der Waals surface area contributed by atoms with E-state index in [1.807, 2.05) is 54.5 Å². The Morgan fingerprint density at radius 1 is 1.07 bits per heavy atom. The molecule has 0 aliphatic carbocycles. The average Bonchev–Trinajstić information content (AvgIpc) is 2.51. The van der Waals surface area contributed by atoms with Crippen LogP contribution in [0.2, 0.25) is 0 Å². The van der Waals surface area contributed by atoms with Crippen LogP contribution < -0.4 is 0 Å². The number of phenolic OH excluding ortho intramolecular Hbond substituents is 1. The zero-order valence-corrected chi connectivity index (χ0v) is 18.5. The molecule has 1 aromatic rings. The van der Waals surface area contributed by atoms with Crippen molar-refractivity contribution >= 4 is 15.9 Å². The Morgan fingerprint density at radius 2 is 1.56 bits per heavy atom. The van der Waals surface area contributed by atoms with E-state index in [1.54, 1.807) is 12.1 Å². The van der Waals surface area contributed by atoms with E-state index < -0.39 is 9.84 Å². The highest BCUT2D eigenvalue weighted by molar-refractivity contribution is 7.95. The molecule has 0 saturated carbocycles. The van der Waals surface area contributed by atoms with Crippen molar-refractivity contribution in [3.63, 3.8) is 0 Å². The zero-order valence-electron chi connectivity index (χ0n) is 17.7. The number of sulfone groups is 1. The van der Waals surface area contributed by atoms with E-state index in [1.165, 1.54) is 6.08 Å². The minimum absolute atomic E-state index is 0.0173. The third kappa shape index (κ3) is 6.10. The molecule has 0 aliphatic rings. The summed E-state index contributed by atoms with van der Waals surface area (Å²) in [6, 6.07) is 5.42. The lowest BCUT2D eigenvalue weighted by atomic mass is 9.78. The topological polar surface area (TPSA) is 78.2 Å². The first kappa shape index (κ1) is 23.2. The molecule has 0 spiro atoms. The molecule has 4 nitrogen and oxygen atoms in total. The smallest absolute Gasteiger partial charge is 0.188 e. The molecule has 5 heteroatoms. The van der Waals surface area contributed by atoms with Gasteiger partial charge in [0, 0.05) is 11.1 Å². The molecule has 27 heavy (non-hydrogen) atoms. The van der Waals surface area contributed by atoms with Gasteiger partial charge in [0.1, 0.15) is 16.7 Å². The van der Waals surface area contributed by atoms with Gasteiger partial charge in [-0.3, -0.25) is 0 Å². The van der Waals surface area contributed by atoms with Crippen LogP contribution >= 0.6 is 0 Å². The van der Waals surface area contributed by atoms with E-state index in [0.29, 0.717) is 12.0 Å². The van der Waals surface area contributed by atoms with E-state index in [-0.39, 0.29) is 27.2 Å². The maximum atomic E-state index is 12.5. The molecule has 0 saturated heterocycles. The van der Waals surface area contributed by atoms with Crippen molar-refractivity contribution in [2.24, 2.45) is 0 Å². The maximum Gasteiger partial charge on any atom is 0.188 e. The Labute approximate surface area is 164 Å². The molecule has 1 aromatic carbocycles. The van der Waals surface area contributed by atoms with Crippen molar-refractivity contribution in [1.82, 2.24) is 0 Å². The average molecular weight is 392 g/mol. The summed E-state index contributed by atoms with van der Waals surface area (Å²) in [5.74, 6) is 0.216. The predicted octanol–water partition coefficient (Wildman–Crippen LogP) is 5.46. The van der Waals surface area contributed by atoms with Gasteiger partial charge in [0.2, 0.25) is 0 Å². The number of benzene rings is 1. The molecule has 0 heterocycles. The molecule has 0 atom stereocenters. The number of hydrogen-bond acceptors (Lipinski definition) is 4. The molecule has 150 valence electrons. The third-order valence-corrected chi connectivity index (χ3v) is 6.21. The lowest BCUT2D eigenvalue weighted by molar-refractivity contribution is 0.423. The number of aromatic hydroxyl groups is 1. The van der Waals surface area contributed by atoms with Gasteiger partial charge in [0.25, 0.3) is 0 Å². The first-order valence-electron chi connectivity index (χ1n) is 9.46. The van der Waals surface area contributed by atoms with Gasteiger partial charge < -0.3 is 5.11 Å². The van der Waals surface area contributed by atoms with E-state index in [2.05, 4.69) is 0 Å². The van der Waals surface area contributed by atoms with Crippen LogP contribution in [0.25, 0.3) is 6.08 Å². The van der Waals surface area contributed by atoms with Crippen LogP contribution in [-0.2, 0) is 20.7 Å². The Balaban J connectivity index is 3.57. The van der Waals surface area contributed by atoms with Gasteiger partial charge in [0.05, 0.1) is 5.75 Å². The highest BCUT2D eigenvalue weighted by Gasteiger charge is 2.27. The van der Waals surface area contributed by atoms with E-state index in [9.17, 15) is 18.8 Å². The summed E-state index contributed by atoms with van der Waals surface area (Å²) in [4.78, 5) is -0.219. The van der Waals surface area contributed by atoms with E-state index >= 15 is 0 Å². The first-order valence-corrected chi connectivity index (χ1v) is 11.1. The number of phenols is 1. The van der Waals surface area contributed by atoms with Crippen molar-refractivity contribution in [1.29, 1.82) is 5.26 Å². The maximum absolute atomic E-state index is 12.5. The van der Waals surface area contributed by atoms with Crippen LogP contribution in [0.5, 0.6) is 5.75 Å². The van der Waals surface area contributed by atoms with Gasteiger partial charge in [-0.25, -0.2) is 8.42 Å². The van der Waals surface area contributed by atoms with Crippen molar-refractivity contribution in [3.05, 3.63) is 33.7 Å². The van der Waals surface area contributed by atoms with Crippen LogP contribution in [0.3, 0.4) is 0 Å². The standard InChI is InChI=1S/C22H33NO3S/c1-8-9-10-11-27(25,26)17(15-23)12-16-13-18(21(2,3)4)20(24)19(14-16)22(5,6)7/h12-14,24H,8-11H2,1-7H3. The second-order valence-electron chi connectivity index (χ2n) is 9.11. The van der Waals surface area contributed by atoms with E-state index in [4.69, 9.17) is 0 Å². The highest BCUT2D eigenvalue weighted by Crippen LogP contribution is 2.40. The lowest BCUT2D eigenvalue weighted by Gasteiger charge is -2.28. The SMILES string of the molecule is CCCCCS(=O)(=O)C(C#N)=Cc1cc(C(C)(C)C)c(O)c(C(C)(C)C)c1. The number of unbranched alkanes of at least 4 members (excludes halogenated alkanes) is 2. The molecular weight excluding hydrogens is 358 g/mol. The van der Waals surface area contributed by atoms with Crippen LogP contribution in [0.4, 0.5) is 0 Å². The largest absolute Gasteiger partial charge is 0.507 e. The van der Waals surface area contributed by atoms with Gasteiger partial charge in [-0.15, -0.1) is 0 Å². The molecule has 0 bridgehead atoms. The van der Waals surface area contributed by atoms with Gasteiger partial charge in [0.15, 0.2) is 9.84 Å². The number of allylic oxidation sites excluding steroid dienone is 1. The van der Waals surface area contributed by atoms with Crippen LogP contribution in [0.15, 0.2) is 17.0 Å². The fraction of sp³-hybridized carbons (Fsp3) is 0.591. The molecule has 1 N–H and O–H groups in total. The van der Waals surface area contributed by atoms with Crippen molar-refractivity contribution < 1.29 is 13.5 Å². The van der Waals surface area contributed by atoms with Crippen LogP contribution in [-0.4, -0.2) is 19.3 Å². The molecular formula is C22H33NO3S. The molecule has 0 radical (unpaired) electrons. The van der Waals surface area contributed by atoms with Crippen LogP contribution in [0, 0.1) is 11.3 Å². The summed E-state index contributed by atoms with van der Waals surface area (Å²) in [5.41, 5.74) is 1.46. The molecule has 0 amide bonds. The molecule has 0 unspecified atom stereocenters. The summed E-state index contributed by atoms with van der Waals surface area (Å²) in [6.07, 6.45) is 3.72. The van der Waals surface area contributed by atoms with Crippen molar-refractivity contribution in [2.45, 2.75) is 78.6 Å². The second-order valence-corrected chi connectivity index (χ2v) is 11.2. The Hall–Kier alpha value is -1.80. The Morgan fingerprint density at radius 3 is 1.93 bits per heavy atom. The van der Waals surface area contributed by atoms with Gasteiger partial charge >= 0.3 is 0 Å². The van der Waals surface area contributed by atoms with Crippen LogP contribution in [0.1, 0.15) is 84.4 Å². The third-order valence-electron chi connectivity index (χ3n) is 4.51. The molecule has 1 rings (SSSR count). The fourth-order valence-corrected chi connectivity index (χ4v) is 4.14. The molecule has 0 aromatic heterocycles. The van der Waals surface area contributed by atoms with E-state index in [0.717, 1.165) is 24.0 Å². The van der Waals surface area contributed by atoms with Gasteiger partial charge in [-0.05, 0) is 41.0 Å². The van der Waals surface area contributed by atoms with Gasteiger partial charge in [-0.1, -0.05) is 61.3 Å². The minimum Gasteiger partial charge on any atom is -0.507 e. The fourth-order valence-electron chi connectivity index (χ4n) is 2.88. The quantitative estimate of drug-likeness (QED) is 0.516. The minimum atomic E-state index is -3.61. The highest BCUT2D eigenvalue weighted by atomic mass is 32.2. The Kier molecular flexibility index (Phi) is 7.30. The zero-order chi connectivity index (χ0) is 21.0. The molecule has 0 fully saturated rings. The summed E-state index contributed by atoms with van der Waals surface area (Å²) >= 11 is 0. The first-order chi connectivity index (χ1) is 12.2. The number of hydrogen-bond donors (Lipinski definition) is 1. The Bertz CT molecular complexity index is 810. The summed E-state index contributed by atoms with van der Waals surface area (Å²) in [7, 11) is -3.61. The molecule has 0 aliphatic heterocycles. The lowest BCUT2D eigenvalue weighted by Crippen LogP contribution is -2.17. The summed E-state index contributed by atoms with van der Waals surface area (Å²) in [5, 5.41) is 20.2. The van der Waals surface area contributed by atoms with Crippen molar-refractivity contribution in [2.75, 3.05) is 5.75 Å². The number of nitrogens with zero attached hydrogens (tertiary/aromatic N) is 1. The summed E-state index contributed by atoms with van der Waals surface area (Å²) in [6.45, 7) is 14.0. The monoisotopic (exact) mass is 391 g/mol. The normalized spacial score (nSPS) is 13.5. The predicted molar refractivity (Wildman–Crippen MR) is 112 cm³/mol. The van der Waals surface area contributed by atoms with Gasteiger partial charge in [-0.2, -0.15) is 5.26 Å².